The molecule has 0 aliphatic rings. The van der Waals surface area contributed by atoms with Crippen molar-refractivity contribution in [3.8, 4) is 0 Å². The maximum atomic E-state index is 11.0. The van der Waals surface area contributed by atoms with Crippen LogP contribution in [0.5, 0.6) is 0 Å². The van der Waals surface area contributed by atoms with E-state index in [1.165, 1.54) is 7.11 Å². The van der Waals surface area contributed by atoms with Gasteiger partial charge in [-0.2, -0.15) is 0 Å². The molecule has 0 aliphatic carbocycles. The summed E-state index contributed by atoms with van der Waals surface area (Å²) >= 11 is 3.17. The molecule has 0 saturated heterocycles. The first-order valence-electron chi connectivity index (χ1n) is 3.37. The fourth-order valence-electron chi connectivity index (χ4n) is 0.587. The van der Waals surface area contributed by atoms with E-state index in [1.807, 2.05) is 0 Å². The van der Waals surface area contributed by atoms with Crippen LogP contribution in [-0.2, 0) is 14.6 Å². The normalized spacial score (nSPS) is 11.8. The van der Waals surface area contributed by atoms with Crippen molar-refractivity contribution in [3.63, 3.8) is 0 Å². The number of rotatable bonds is 6. The van der Waals surface area contributed by atoms with Crippen LogP contribution in [0.1, 0.15) is 6.42 Å². The SMILES string of the molecule is COCCS(=O)(=O)CCCBr. The molecule has 68 valence electrons. The van der Waals surface area contributed by atoms with Gasteiger partial charge in [-0.05, 0) is 6.42 Å². The number of ether oxygens (including phenoxy) is 1. The molecular weight excluding hydrogens is 232 g/mol. The van der Waals surface area contributed by atoms with Gasteiger partial charge in [0.2, 0.25) is 0 Å². The number of alkyl halides is 1. The lowest BCUT2D eigenvalue weighted by Crippen LogP contribution is -2.15. The lowest BCUT2D eigenvalue weighted by Gasteiger charge is -2.00. The smallest absolute Gasteiger partial charge is 0.152 e. The van der Waals surface area contributed by atoms with Crippen LogP contribution >= 0.6 is 15.9 Å². The second kappa shape index (κ2) is 5.97. The Morgan fingerprint density at radius 2 is 2.00 bits per heavy atom. The first-order chi connectivity index (χ1) is 5.12. The molecule has 0 bridgehead atoms. The van der Waals surface area contributed by atoms with Crippen LogP contribution in [0.2, 0.25) is 0 Å². The minimum atomic E-state index is -2.86. The molecule has 0 fully saturated rings. The average Bonchev–Trinajstić information content (AvgIpc) is 1.97. The summed E-state index contributed by atoms with van der Waals surface area (Å²) < 4.78 is 26.8. The second-order valence-electron chi connectivity index (χ2n) is 2.19. The molecule has 0 amide bonds. The Morgan fingerprint density at radius 1 is 1.36 bits per heavy atom. The lowest BCUT2D eigenvalue weighted by molar-refractivity contribution is 0.217. The van der Waals surface area contributed by atoms with Gasteiger partial charge in [0.25, 0.3) is 0 Å². The second-order valence-corrected chi connectivity index (χ2v) is 5.28. The predicted molar refractivity (Wildman–Crippen MR) is 48.9 cm³/mol. The number of methoxy groups -OCH3 is 1. The van der Waals surface area contributed by atoms with Gasteiger partial charge in [0.05, 0.1) is 18.1 Å². The molecule has 5 heteroatoms. The van der Waals surface area contributed by atoms with E-state index in [0.29, 0.717) is 13.0 Å². The summed E-state index contributed by atoms with van der Waals surface area (Å²) in [6, 6.07) is 0. The first kappa shape index (κ1) is 11.4. The van der Waals surface area contributed by atoms with E-state index in [9.17, 15) is 8.42 Å². The summed E-state index contributed by atoms with van der Waals surface area (Å²) in [4.78, 5) is 0. The molecular formula is C6H13BrO3S. The molecule has 0 unspecified atom stereocenters. The summed E-state index contributed by atoms with van der Waals surface area (Å²) in [5, 5.41) is 0.735. The van der Waals surface area contributed by atoms with Gasteiger partial charge in [-0.25, -0.2) is 8.42 Å². The highest BCUT2D eigenvalue weighted by molar-refractivity contribution is 9.09. The standard InChI is InChI=1S/C6H13BrO3S/c1-10-4-6-11(8,9)5-2-3-7/h2-6H2,1H3. The third kappa shape index (κ3) is 6.77. The Kier molecular flexibility index (Phi) is 6.18. The van der Waals surface area contributed by atoms with Crippen LogP contribution in [0.4, 0.5) is 0 Å². The third-order valence-corrected chi connectivity index (χ3v) is 3.45. The maximum Gasteiger partial charge on any atom is 0.152 e. The zero-order valence-corrected chi connectivity index (χ0v) is 8.95. The van der Waals surface area contributed by atoms with Gasteiger partial charge in [-0.1, -0.05) is 15.9 Å². The molecule has 11 heavy (non-hydrogen) atoms. The molecule has 0 aliphatic heterocycles. The van der Waals surface area contributed by atoms with Gasteiger partial charge in [-0.3, -0.25) is 0 Å². The molecule has 0 N–H and O–H groups in total. The quantitative estimate of drug-likeness (QED) is 0.651. The number of hydrogen-bond acceptors (Lipinski definition) is 3. The molecule has 0 rings (SSSR count). The third-order valence-electron chi connectivity index (χ3n) is 1.19. The summed E-state index contributed by atoms with van der Waals surface area (Å²) in [6.07, 6.45) is 0.673. The minimum absolute atomic E-state index is 0.135. The van der Waals surface area contributed by atoms with E-state index in [0.717, 1.165) is 5.33 Å². The van der Waals surface area contributed by atoms with Crippen LogP contribution in [0.25, 0.3) is 0 Å². The van der Waals surface area contributed by atoms with Crippen molar-refractivity contribution in [3.05, 3.63) is 0 Å². The van der Waals surface area contributed by atoms with Crippen molar-refractivity contribution >= 4 is 25.8 Å². The molecule has 3 nitrogen and oxygen atoms in total. The Balaban J connectivity index is 3.63. The van der Waals surface area contributed by atoms with Crippen LogP contribution < -0.4 is 0 Å². The molecule has 0 spiro atoms. The van der Waals surface area contributed by atoms with Crippen molar-refractivity contribution < 1.29 is 13.2 Å². The monoisotopic (exact) mass is 244 g/mol. The average molecular weight is 245 g/mol. The maximum absolute atomic E-state index is 11.0. The Hall–Kier alpha value is 0.390. The fourth-order valence-corrected chi connectivity index (χ4v) is 2.45. The van der Waals surface area contributed by atoms with Crippen LogP contribution in [0.3, 0.4) is 0 Å². The van der Waals surface area contributed by atoms with Crippen molar-refractivity contribution in [1.29, 1.82) is 0 Å². The molecule has 0 aromatic carbocycles. The van der Waals surface area contributed by atoms with E-state index >= 15 is 0 Å². The lowest BCUT2D eigenvalue weighted by atomic mass is 10.6. The summed E-state index contributed by atoms with van der Waals surface area (Å²) in [7, 11) is -1.36. The van der Waals surface area contributed by atoms with E-state index in [-0.39, 0.29) is 11.5 Å². The van der Waals surface area contributed by atoms with Crippen LogP contribution in [-0.4, -0.2) is 39.0 Å². The van der Waals surface area contributed by atoms with E-state index in [4.69, 9.17) is 0 Å². The van der Waals surface area contributed by atoms with Gasteiger partial charge in [0.1, 0.15) is 0 Å². The Labute approximate surface area is 76.2 Å². The highest BCUT2D eigenvalue weighted by Crippen LogP contribution is 1.96. The topological polar surface area (TPSA) is 43.4 Å². The van der Waals surface area contributed by atoms with Gasteiger partial charge in [-0.15, -0.1) is 0 Å². The van der Waals surface area contributed by atoms with Crippen molar-refractivity contribution in [1.82, 2.24) is 0 Å². The van der Waals surface area contributed by atoms with E-state index in [1.54, 1.807) is 0 Å². The number of halogens is 1. The van der Waals surface area contributed by atoms with Gasteiger partial charge >= 0.3 is 0 Å². The van der Waals surface area contributed by atoms with Gasteiger partial charge < -0.3 is 4.74 Å². The Morgan fingerprint density at radius 3 is 2.45 bits per heavy atom. The summed E-state index contributed by atoms with van der Waals surface area (Å²) in [5.74, 6) is 0.387. The van der Waals surface area contributed by atoms with E-state index in [2.05, 4.69) is 20.7 Å². The highest BCUT2D eigenvalue weighted by Gasteiger charge is 2.08. The predicted octanol–water partition coefficient (Wildman–Crippen LogP) is 0.833. The zero-order valence-electron chi connectivity index (χ0n) is 6.55. The van der Waals surface area contributed by atoms with Crippen molar-refractivity contribution in [2.24, 2.45) is 0 Å². The molecule has 0 atom stereocenters. The summed E-state index contributed by atoms with van der Waals surface area (Å²) in [6.45, 7) is 0.296. The fraction of sp³-hybridized carbons (Fsp3) is 1.00. The molecule has 0 aromatic heterocycles. The van der Waals surface area contributed by atoms with Gasteiger partial charge in [0.15, 0.2) is 9.84 Å². The van der Waals surface area contributed by atoms with E-state index < -0.39 is 9.84 Å². The molecule has 0 saturated carbocycles. The molecule has 0 radical (unpaired) electrons. The van der Waals surface area contributed by atoms with Crippen molar-refractivity contribution in [2.45, 2.75) is 6.42 Å². The van der Waals surface area contributed by atoms with Crippen molar-refractivity contribution in [2.75, 3.05) is 30.6 Å². The minimum Gasteiger partial charge on any atom is -0.384 e. The Bertz CT molecular complexity index is 162. The highest BCUT2D eigenvalue weighted by atomic mass is 79.9. The zero-order chi connectivity index (χ0) is 8.74. The number of sulfone groups is 1. The molecule has 0 heterocycles. The summed E-state index contributed by atoms with van der Waals surface area (Å²) in [5.41, 5.74) is 0. The number of hydrogen-bond donors (Lipinski definition) is 0. The first-order valence-corrected chi connectivity index (χ1v) is 6.32. The molecule has 0 aromatic rings. The van der Waals surface area contributed by atoms with Crippen LogP contribution in [0, 0.1) is 0 Å². The largest absolute Gasteiger partial charge is 0.384 e. The van der Waals surface area contributed by atoms with Gasteiger partial charge in [0, 0.05) is 12.4 Å². The van der Waals surface area contributed by atoms with Crippen LogP contribution in [0.15, 0.2) is 0 Å².